The van der Waals surface area contributed by atoms with Crippen LogP contribution in [0.3, 0.4) is 0 Å². The number of aromatic nitrogens is 4. The number of imidazole rings is 1. The summed E-state index contributed by atoms with van der Waals surface area (Å²) in [4.78, 5) is 13.7. The molecule has 1 unspecified atom stereocenters. The Hall–Kier alpha value is -2.18. The molecule has 2 aromatic heterocycles. The predicted molar refractivity (Wildman–Crippen MR) is 111 cm³/mol. The Morgan fingerprint density at radius 3 is 2.71 bits per heavy atom. The van der Waals surface area contributed by atoms with Gasteiger partial charge in [-0.05, 0) is 37.2 Å². The second-order valence-electron chi connectivity index (χ2n) is 7.99. The van der Waals surface area contributed by atoms with Crippen LogP contribution in [-0.4, -0.2) is 37.6 Å². The standard InChI is InChI=1S/C21H25ClN6/c22-28(26-11-10-17(14-26)12-16-6-2-1-3-7-16)21-23-13-19-20(25-21)27(15-24-19)18-8-4-5-9-18/h1-3,6-7,13,15,17-18H,4-5,8-12,14H2. The maximum Gasteiger partial charge on any atom is 0.257 e. The van der Waals surface area contributed by atoms with Crippen molar-refractivity contribution in [1.82, 2.24) is 24.5 Å². The summed E-state index contributed by atoms with van der Waals surface area (Å²) in [6.45, 7) is 1.84. The molecule has 1 aliphatic carbocycles. The first-order valence-corrected chi connectivity index (χ1v) is 10.6. The summed E-state index contributed by atoms with van der Waals surface area (Å²) in [5.41, 5.74) is 3.11. The zero-order valence-electron chi connectivity index (χ0n) is 15.9. The van der Waals surface area contributed by atoms with Crippen LogP contribution in [0.4, 0.5) is 5.95 Å². The van der Waals surface area contributed by atoms with E-state index >= 15 is 0 Å². The van der Waals surface area contributed by atoms with Crippen LogP contribution in [0.2, 0.25) is 0 Å². The first kappa shape index (κ1) is 17.9. The average Bonchev–Trinajstić information content (AvgIpc) is 3.48. The Kier molecular flexibility index (Phi) is 4.91. The van der Waals surface area contributed by atoms with Crippen LogP contribution >= 0.6 is 11.8 Å². The van der Waals surface area contributed by atoms with Gasteiger partial charge < -0.3 is 4.57 Å². The quantitative estimate of drug-likeness (QED) is 0.599. The Morgan fingerprint density at radius 2 is 1.89 bits per heavy atom. The summed E-state index contributed by atoms with van der Waals surface area (Å²) < 4.78 is 3.82. The van der Waals surface area contributed by atoms with Gasteiger partial charge in [-0.2, -0.15) is 9.51 Å². The lowest BCUT2D eigenvalue weighted by Gasteiger charge is -2.24. The van der Waals surface area contributed by atoms with Gasteiger partial charge in [0.05, 0.1) is 12.5 Å². The molecule has 1 aromatic carbocycles. The number of hydrazine groups is 1. The van der Waals surface area contributed by atoms with Gasteiger partial charge in [0, 0.05) is 30.9 Å². The fraction of sp³-hybridized carbons (Fsp3) is 0.476. The van der Waals surface area contributed by atoms with E-state index in [0.29, 0.717) is 17.9 Å². The molecule has 3 heterocycles. The Morgan fingerprint density at radius 1 is 1.07 bits per heavy atom. The van der Waals surface area contributed by atoms with Crippen LogP contribution < -0.4 is 4.53 Å². The van der Waals surface area contributed by atoms with E-state index in [0.717, 1.165) is 37.1 Å². The van der Waals surface area contributed by atoms with Gasteiger partial charge in [0.15, 0.2) is 5.65 Å². The molecule has 7 heteroatoms. The highest BCUT2D eigenvalue weighted by Crippen LogP contribution is 2.32. The summed E-state index contributed by atoms with van der Waals surface area (Å²) in [6.07, 6.45) is 10.8. The number of anilines is 1. The van der Waals surface area contributed by atoms with Crippen LogP contribution in [0.5, 0.6) is 0 Å². The zero-order valence-corrected chi connectivity index (χ0v) is 16.7. The van der Waals surface area contributed by atoms with Crippen molar-refractivity contribution in [2.45, 2.75) is 44.6 Å². The molecule has 2 aliphatic rings. The van der Waals surface area contributed by atoms with Crippen molar-refractivity contribution in [3.63, 3.8) is 0 Å². The number of rotatable bonds is 5. The number of hydrogen-bond acceptors (Lipinski definition) is 5. The highest BCUT2D eigenvalue weighted by molar-refractivity contribution is 6.24. The van der Waals surface area contributed by atoms with Gasteiger partial charge in [-0.15, -0.1) is 0 Å². The summed E-state index contributed by atoms with van der Waals surface area (Å²) in [6, 6.07) is 11.2. The Labute approximate surface area is 170 Å². The third kappa shape index (κ3) is 3.47. The number of halogens is 1. The van der Waals surface area contributed by atoms with Crippen molar-refractivity contribution in [2.24, 2.45) is 5.92 Å². The molecule has 0 spiro atoms. The van der Waals surface area contributed by atoms with E-state index < -0.39 is 0 Å². The summed E-state index contributed by atoms with van der Waals surface area (Å²) in [5, 5.41) is 2.15. The van der Waals surface area contributed by atoms with Crippen LogP contribution in [0.1, 0.15) is 43.7 Å². The van der Waals surface area contributed by atoms with Gasteiger partial charge in [-0.25, -0.2) is 15.0 Å². The SMILES string of the molecule is ClN(c1ncc2ncn(C3CCCC3)c2n1)N1CCC(Cc2ccccc2)C1. The fourth-order valence-electron chi connectivity index (χ4n) is 4.57. The second kappa shape index (κ2) is 7.68. The van der Waals surface area contributed by atoms with Crippen molar-refractivity contribution >= 4 is 28.9 Å². The topological polar surface area (TPSA) is 50.1 Å². The van der Waals surface area contributed by atoms with E-state index in [4.69, 9.17) is 16.8 Å². The molecule has 0 radical (unpaired) electrons. The van der Waals surface area contributed by atoms with Crippen LogP contribution in [0, 0.1) is 5.92 Å². The normalized spacial score (nSPS) is 21.0. The third-order valence-corrected chi connectivity index (χ3v) is 6.43. The van der Waals surface area contributed by atoms with Gasteiger partial charge >= 0.3 is 0 Å². The number of fused-ring (bicyclic) bond motifs is 1. The molecule has 5 rings (SSSR count). The minimum Gasteiger partial charge on any atom is -0.312 e. The molecule has 1 aliphatic heterocycles. The number of nitrogens with zero attached hydrogens (tertiary/aromatic N) is 6. The molecule has 28 heavy (non-hydrogen) atoms. The molecule has 0 amide bonds. The molecule has 3 aromatic rings. The molecule has 1 atom stereocenters. The van der Waals surface area contributed by atoms with Crippen molar-refractivity contribution in [1.29, 1.82) is 0 Å². The smallest absolute Gasteiger partial charge is 0.257 e. The highest BCUT2D eigenvalue weighted by Gasteiger charge is 2.28. The fourth-order valence-corrected chi connectivity index (χ4v) is 4.79. The monoisotopic (exact) mass is 396 g/mol. The van der Waals surface area contributed by atoms with Crippen LogP contribution in [0.25, 0.3) is 11.2 Å². The zero-order chi connectivity index (χ0) is 18.9. The van der Waals surface area contributed by atoms with Crippen molar-refractivity contribution in [2.75, 3.05) is 17.6 Å². The van der Waals surface area contributed by atoms with E-state index in [1.165, 1.54) is 31.2 Å². The number of hydrogen-bond donors (Lipinski definition) is 0. The van der Waals surface area contributed by atoms with Crippen molar-refractivity contribution in [3.05, 3.63) is 48.4 Å². The first-order chi connectivity index (χ1) is 13.8. The highest BCUT2D eigenvalue weighted by atomic mass is 35.5. The minimum absolute atomic E-state index is 0.499. The molecular formula is C21H25ClN6. The largest absolute Gasteiger partial charge is 0.312 e. The third-order valence-electron chi connectivity index (χ3n) is 6.07. The Balaban J connectivity index is 1.31. The minimum atomic E-state index is 0.499. The lowest BCUT2D eigenvalue weighted by atomic mass is 9.99. The molecule has 0 bridgehead atoms. The summed E-state index contributed by atoms with van der Waals surface area (Å²) >= 11 is 6.66. The van der Waals surface area contributed by atoms with Crippen molar-refractivity contribution in [3.8, 4) is 0 Å². The van der Waals surface area contributed by atoms with E-state index in [1.807, 2.05) is 6.33 Å². The predicted octanol–water partition coefficient (Wildman–Crippen LogP) is 4.38. The van der Waals surface area contributed by atoms with Gasteiger partial charge in [0.2, 0.25) is 0 Å². The molecular weight excluding hydrogens is 372 g/mol. The van der Waals surface area contributed by atoms with Gasteiger partial charge in [-0.3, -0.25) is 0 Å². The van der Waals surface area contributed by atoms with Gasteiger partial charge in [-0.1, -0.05) is 43.2 Å². The van der Waals surface area contributed by atoms with Crippen molar-refractivity contribution < 1.29 is 0 Å². The number of benzene rings is 1. The van der Waals surface area contributed by atoms with E-state index in [-0.39, 0.29) is 0 Å². The van der Waals surface area contributed by atoms with Gasteiger partial charge in [0.25, 0.3) is 5.95 Å². The average molecular weight is 397 g/mol. The lowest BCUT2D eigenvalue weighted by molar-refractivity contribution is 0.342. The molecule has 1 saturated carbocycles. The lowest BCUT2D eigenvalue weighted by Crippen LogP contribution is -2.35. The van der Waals surface area contributed by atoms with Crippen LogP contribution in [0.15, 0.2) is 42.9 Å². The molecule has 146 valence electrons. The first-order valence-electron chi connectivity index (χ1n) is 10.2. The molecule has 2 fully saturated rings. The summed E-state index contributed by atoms with van der Waals surface area (Å²) in [5.74, 6) is 1.13. The van der Waals surface area contributed by atoms with Crippen LogP contribution in [-0.2, 0) is 6.42 Å². The molecule has 1 saturated heterocycles. The Bertz CT molecular complexity index is 936. The van der Waals surface area contributed by atoms with E-state index in [1.54, 1.807) is 10.7 Å². The maximum atomic E-state index is 6.66. The molecule has 0 N–H and O–H groups in total. The van der Waals surface area contributed by atoms with E-state index in [9.17, 15) is 0 Å². The molecule has 6 nitrogen and oxygen atoms in total. The maximum absolute atomic E-state index is 6.66. The second-order valence-corrected chi connectivity index (χ2v) is 8.31. The van der Waals surface area contributed by atoms with Gasteiger partial charge in [0.1, 0.15) is 5.52 Å². The van der Waals surface area contributed by atoms with E-state index in [2.05, 4.69) is 49.9 Å². The summed E-state index contributed by atoms with van der Waals surface area (Å²) in [7, 11) is 0.